The van der Waals surface area contributed by atoms with Gasteiger partial charge in [0.1, 0.15) is 11.3 Å². The van der Waals surface area contributed by atoms with Crippen LogP contribution in [-0.4, -0.2) is 29.3 Å². The summed E-state index contributed by atoms with van der Waals surface area (Å²) in [5.41, 5.74) is -0.693. The van der Waals surface area contributed by atoms with Crippen LogP contribution in [-0.2, 0) is 5.60 Å². The Morgan fingerprint density at radius 1 is 1.35 bits per heavy atom. The zero-order chi connectivity index (χ0) is 12.7. The van der Waals surface area contributed by atoms with Gasteiger partial charge in [0.15, 0.2) is 0 Å². The maximum atomic E-state index is 10.6. The average Bonchev–Trinajstić information content (AvgIpc) is 3.08. The molecule has 0 amide bonds. The molecule has 1 aromatic heterocycles. The number of aromatic nitrogens is 2. The molecule has 0 aliphatic heterocycles. The van der Waals surface area contributed by atoms with E-state index in [1.54, 1.807) is 6.92 Å². The summed E-state index contributed by atoms with van der Waals surface area (Å²) in [4.78, 5) is 8.39. The van der Waals surface area contributed by atoms with Crippen LogP contribution in [0.15, 0.2) is 6.20 Å². The minimum atomic E-state index is -1.03. The molecule has 1 fully saturated rings. The number of hydrogen-bond acceptors (Lipinski definition) is 5. The maximum absolute atomic E-state index is 10.6. The maximum Gasteiger partial charge on any atom is 0.241 e. The summed E-state index contributed by atoms with van der Waals surface area (Å²) in [6.45, 7) is 3.80. The number of nitrogens with zero attached hydrogens (tertiary/aromatic N) is 2. The molecule has 1 aliphatic carbocycles. The van der Waals surface area contributed by atoms with E-state index in [4.69, 9.17) is 9.47 Å². The van der Waals surface area contributed by atoms with Crippen LogP contribution in [0.5, 0.6) is 11.8 Å². The van der Waals surface area contributed by atoms with E-state index in [0.717, 1.165) is 12.8 Å². The third kappa shape index (κ3) is 1.84. The van der Waals surface area contributed by atoms with Gasteiger partial charge >= 0.3 is 0 Å². The Hall–Kier alpha value is -1.36. The first kappa shape index (κ1) is 12.1. The van der Waals surface area contributed by atoms with Crippen LogP contribution in [0, 0.1) is 5.41 Å². The zero-order valence-corrected chi connectivity index (χ0v) is 10.6. The SMILES string of the molecule is COc1cnc(C(C)(O)C2(C)CC2)c(OC)n1. The van der Waals surface area contributed by atoms with E-state index >= 15 is 0 Å². The largest absolute Gasteiger partial charge is 0.480 e. The predicted molar refractivity (Wildman–Crippen MR) is 62.0 cm³/mol. The second-order valence-electron chi connectivity index (χ2n) is 4.90. The second-order valence-corrected chi connectivity index (χ2v) is 4.90. The van der Waals surface area contributed by atoms with Crippen molar-refractivity contribution in [1.82, 2.24) is 9.97 Å². The molecule has 1 atom stereocenters. The van der Waals surface area contributed by atoms with Gasteiger partial charge in [0, 0.05) is 5.41 Å². The van der Waals surface area contributed by atoms with Crippen molar-refractivity contribution in [3.63, 3.8) is 0 Å². The van der Waals surface area contributed by atoms with Gasteiger partial charge in [-0.25, -0.2) is 4.98 Å². The third-order valence-electron chi connectivity index (χ3n) is 3.76. The minimum absolute atomic E-state index is 0.135. The second kappa shape index (κ2) is 3.84. The molecule has 1 unspecified atom stereocenters. The third-order valence-corrected chi connectivity index (χ3v) is 3.76. The highest BCUT2D eigenvalue weighted by Crippen LogP contribution is 2.58. The number of aliphatic hydroxyl groups is 1. The number of hydrogen-bond donors (Lipinski definition) is 1. The molecule has 0 spiro atoms. The fourth-order valence-electron chi connectivity index (χ4n) is 1.89. The predicted octanol–water partition coefficient (Wildman–Crippen LogP) is 1.50. The Labute approximate surface area is 101 Å². The highest BCUT2D eigenvalue weighted by atomic mass is 16.5. The highest BCUT2D eigenvalue weighted by Gasteiger charge is 2.55. The van der Waals surface area contributed by atoms with Crippen LogP contribution < -0.4 is 9.47 Å². The van der Waals surface area contributed by atoms with Crippen molar-refractivity contribution >= 4 is 0 Å². The Morgan fingerprint density at radius 3 is 2.47 bits per heavy atom. The van der Waals surface area contributed by atoms with Gasteiger partial charge in [-0.1, -0.05) is 6.92 Å². The van der Waals surface area contributed by atoms with E-state index < -0.39 is 5.60 Å². The van der Waals surface area contributed by atoms with Crippen molar-refractivity contribution in [3.05, 3.63) is 11.9 Å². The Bertz CT molecular complexity index is 428. The van der Waals surface area contributed by atoms with Gasteiger partial charge in [0.25, 0.3) is 0 Å². The zero-order valence-electron chi connectivity index (χ0n) is 10.6. The monoisotopic (exact) mass is 238 g/mol. The van der Waals surface area contributed by atoms with Gasteiger partial charge in [0.05, 0.1) is 20.4 Å². The van der Waals surface area contributed by atoms with Gasteiger partial charge in [-0.15, -0.1) is 0 Å². The smallest absolute Gasteiger partial charge is 0.241 e. The van der Waals surface area contributed by atoms with Crippen LogP contribution >= 0.6 is 0 Å². The first-order valence-corrected chi connectivity index (χ1v) is 5.62. The Kier molecular flexibility index (Phi) is 2.73. The molecule has 1 aliphatic rings. The summed E-state index contributed by atoms with van der Waals surface area (Å²) in [5, 5.41) is 10.6. The lowest BCUT2D eigenvalue weighted by Crippen LogP contribution is -2.33. The lowest BCUT2D eigenvalue weighted by Gasteiger charge is -2.30. The molecular formula is C12H18N2O3. The minimum Gasteiger partial charge on any atom is -0.480 e. The summed E-state index contributed by atoms with van der Waals surface area (Å²) in [6.07, 6.45) is 3.46. The van der Waals surface area contributed by atoms with Crippen LogP contribution in [0.1, 0.15) is 32.4 Å². The summed E-state index contributed by atoms with van der Waals surface area (Å²) < 4.78 is 10.2. The normalized spacial score (nSPS) is 20.5. The van der Waals surface area contributed by atoms with E-state index in [2.05, 4.69) is 9.97 Å². The van der Waals surface area contributed by atoms with Crippen LogP contribution in [0.25, 0.3) is 0 Å². The molecule has 17 heavy (non-hydrogen) atoms. The summed E-state index contributed by atoms with van der Waals surface area (Å²) in [6, 6.07) is 0. The number of ether oxygens (including phenoxy) is 2. The standard InChI is InChI=1S/C12H18N2O3/c1-11(5-6-11)12(2,15)9-10(17-4)14-8(16-3)7-13-9/h7,15H,5-6H2,1-4H3. The topological polar surface area (TPSA) is 64.5 Å². The molecule has 5 nitrogen and oxygen atoms in total. The molecule has 5 heteroatoms. The number of rotatable bonds is 4. The lowest BCUT2D eigenvalue weighted by molar-refractivity contribution is -0.0193. The lowest BCUT2D eigenvalue weighted by atomic mass is 9.84. The van der Waals surface area contributed by atoms with E-state index in [0.29, 0.717) is 17.5 Å². The Morgan fingerprint density at radius 2 is 2.00 bits per heavy atom. The van der Waals surface area contributed by atoms with E-state index in [9.17, 15) is 5.11 Å². The molecule has 94 valence electrons. The Balaban J connectivity index is 2.44. The molecule has 1 aromatic rings. The van der Waals surface area contributed by atoms with Crippen molar-refractivity contribution in [2.75, 3.05) is 14.2 Å². The van der Waals surface area contributed by atoms with Crippen molar-refractivity contribution in [3.8, 4) is 11.8 Å². The van der Waals surface area contributed by atoms with Crippen molar-refractivity contribution in [2.24, 2.45) is 5.41 Å². The van der Waals surface area contributed by atoms with Gasteiger partial charge in [-0.2, -0.15) is 4.98 Å². The first-order valence-electron chi connectivity index (χ1n) is 5.62. The quantitative estimate of drug-likeness (QED) is 0.861. The van der Waals surface area contributed by atoms with Crippen molar-refractivity contribution in [1.29, 1.82) is 0 Å². The molecule has 2 rings (SSSR count). The first-order chi connectivity index (χ1) is 7.94. The van der Waals surface area contributed by atoms with Crippen LogP contribution in [0.3, 0.4) is 0 Å². The highest BCUT2D eigenvalue weighted by molar-refractivity contribution is 5.31. The molecule has 0 saturated heterocycles. The van der Waals surface area contributed by atoms with E-state index in [1.165, 1.54) is 20.4 Å². The molecule has 1 saturated carbocycles. The number of methoxy groups -OCH3 is 2. The van der Waals surface area contributed by atoms with Crippen LogP contribution in [0.4, 0.5) is 0 Å². The fourth-order valence-corrected chi connectivity index (χ4v) is 1.89. The average molecular weight is 238 g/mol. The molecule has 0 radical (unpaired) electrons. The summed E-state index contributed by atoms with van der Waals surface area (Å²) in [5.74, 6) is 0.699. The van der Waals surface area contributed by atoms with E-state index in [1.807, 2.05) is 6.92 Å². The van der Waals surface area contributed by atoms with Gasteiger partial charge in [-0.05, 0) is 19.8 Å². The van der Waals surface area contributed by atoms with Gasteiger partial charge in [0.2, 0.25) is 11.8 Å². The summed E-state index contributed by atoms with van der Waals surface area (Å²) in [7, 11) is 3.03. The van der Waals surface area contributed by atoms with Crippen molar-refractivity contribution < 1.29 is 14.6 Å². The van der Waals surface area contributed by atoms with Crippen molar-refractivity contribution in [2.45, 2.75) is 32.3 Å². The molecular weight excluding hydrogens is 220 g/mol. The molecule has 0 aromatic carbocycles. The fraction of sp³-hybridized carbons (Fsp3) is 0.667. The molecule has 0 bridgehead atoms. The van der Waals surface area contributed by atoms with Gasteiger partial charge in [-0.3, -0.25) is 0 Å². The molecule has 1 heterocycles. The van der Waals surface area contributed by atoms with Crippen LogP contribution in [0.2, 0.25) is 0 Å². The molecule has 1 N–H and O–H groups in total. The van der Waals surface area contributed by atoms with Gasteiger partial charge < -0.3 is 14.6 Å². The van der Waals surface area contributed by atoms with E-state index in [-0.39, 0.29) is 5.41 Å². The summed E-state index contributed by atoms with van der Waals surface area (Å²) >= 11 is 0.